The quantitative estimate of drug-likeness (QED) is 0.482. The lowest BCUT2D eigenvalue weighted by molar-refractivity contribution is -0.150. The third-order valence-electron chi connectivity index (χ3n) is 4.28. The minimum atomic E-state index is -0.858. The van der Waals surface area contributed by atoms with Crippen LogP contribution in [-0.4, -0.2) is 29.1 Å². The Morgan fingerprint density at radius 3 is 2.84 bits per heavy atom. The van der Waals surface area contributed by atoms with E-state index >= 15 is 0 Å². The maximum Gasteiger partial charge on any atom is 0.331 e. The zero-order valence-electron chi connectivity index (χ0n) is 15.4. The molecular formula is C20H29N3O2. The fourth-order valence-electron chi connectivity index (χ4n) is 2.70. The summed E-state index contributed by atoms with van der Waals surface area (Å²) >= 11 is 0. The molecular weight excluding hydrogens is 314 g/mol. The van der Waals surface area contributed by atoms with Crippen molar-refractivity contribution in [1.82, 2.24) is 10.3 Å². The predicted octanol–water partition coefficient (Wildman–Crippen LogP) is 3.26. The number of unbranched alkanes of at least 4 members (excludes halogenated alkanes) is 1. The second-order valence-corrected chi connectivity index (χ2v) is 6.93. The number of nitrogens with one attached hydrogen (secondary N) is 2. The number of hydrogen-bond acceptors (Lipinski definition) is 4. The number of hydrogen-bond donors (Lipinski definition) is 3. The van der Waals surface area contributed by atoms with Crippen molar-refractivity contribution < 1.29 is 9.53 Å². The van der Waals surface area contributed by atoms with E-state index in [0.717, 1.165) is 29.3 Å². The van der Waals surface area contributed by atoms with Gasteiger partial charge in [-0.3, -0.25) is 0 Å². The lowest BCUT2D eigenvalue weighted by Crippen LogP contribution is -2.50. The number of carbonyl (C=O) groups excluding carboxylic acids is 1. The second kappa shape index (κ2) is 8.21. The molecule has 2 aromatic rings. The van der Waals surface area contributed by atoms with Crippen molar-refractivity contribution in [1.29, 1.82) is 0 Å². The maximum atomic E-state index is 12.2. The van der Waals surface area contributed by atoms with Gasteiger partial charge >= 0.3 is 5.97 Å². The summed E-state index contributed by atoms with van der Waals surface area (Å²) in [5.41, 5.74) is 8.29. The van der Waals surface area contributed by atoms with Crippen molar-refractivity contribution in [2.75, 3.05) is 6.61 Å². The first-order chi connectivity index (χ1) is 11.8. The van der Waals surface area contributed by atoms with E-state index in [4.69, 9.17) is 10.5 Å². The van der Waals surface area contributed by atoms with Gasteiger partial charge in [-0.05, 0) is 38.3 Å². The van der Waals surface area contributed by atoms with Gasteiger partial charge < -0.3 is 20.8 Å². The Hall–Kier alpha value is -2.27. The zero-order valence-corrected chi connectivity index (χ0v) is 15.4. The number of para-hydroxylation sites is 1. The van der Waals surface area contributed by atoms with Gasteiger partial charge in [-0.15, -0.1) is 0 Å². The topological polar surface area (TPSA) is 80.1 Å². The van der Waals surface area contributed by atoms with Gasteiger partial charge in [0.1, 0.15) is 5.54 Å². The number of H-pyrrole nitrogens is 1. The van der Waals surface area contributed by atoms with Gasteiger partial charge in [0.2, 0.25) is 0 Å². The van der Waals surface area contributed by atoms with E-state index in [2.05, 4.69) is 29.9 Å². The Labute approximate surface area is 149 Å². The zero-order chi connectivity index (χ0) is 18.4. The van der Waals surface area contributed by atoms with Crippen LogP contribution in [0.2, 0.25) is 0 Å². The van der Waals surface area contributed by atoms with E-state index in [1.54, 1.807) is 13.8 Å². The average Bonchev–Trinajstić information content (AvgIpc) is 2.97. The van der Waals surface area contributed by atoms with Gasteiger partial charge in [0, 0.05) is 28.8 Å². The third kappa shape index (κ3) is 4.86. The molecule has 25 heavy (non-hydrogen) atoms. The molecule has 0 saturated heterocycles. The van der Waals surface area contributed by atoms with Crippen molar-refractivity contribution >= 4 is 16.9 Å². The number of benzene rings is 1. The predicted molar refractivity (Wildman–Crippen MR) is 102 cm³/mol. The molecule has 0 fully saturated rings. The molecule has 0 spiro atoms. The fourth-order valence-corrected chi connectivity index (χ4v) is 2.70. The van der Waals surface area contributed by atoms with Crippen molar-refractivity contribution in [3.8, 4) is 0 Å². The Bertz CT molecular complexity index is 733. The normalized spacial score (nSPS) is 12.8. The molecule has 0 bridgehead atoms. The van der Waals surface area contributed by atoms with E-state index in [1.165, 1.54) is 0 Å². The van der Waals surface area contributed by atoms with Crippen LogP contribution in [0.4, 0.5) is 0 Å². The summed E-state index contributed by atoms with van der Waals surface area (Å²) in [5.74, 6) is -0.290. The monoisotopic (exact) mass is 343 g/mol. The van der Waals surface area contributed by atoms with Crippen molar-refractivity contribution in [3.63, 3.8) is 0 Å². The molecule has 0 saturated carbocycles. The molecule has 1 atom stereocenters. The lowest BCUT2D eigenvalue weighted by atomic mass is 10.0. The molecule has 1 heterocycles. The van der Waals surface area contributed by atoms with Crippen LogP contribution in [0.15, 0.2) is 42.7 Å². The van der Waals surface area contributed by atoms with Gasteiger partial charge in [0.05, 0.1) is 6.61 Å². The molecule has 5 heteroatoms. The molecule has 0 unspecified atom stereocenters. The number of nitrogens with two attached hydrogens (primary N) is 1. The Balaban J connectivity index is 1.96. The molecule has 0 aliphatic rings. The summed E-state index contributed by atoms with van der Waals surface area (Å²) < 4.78 is 5.30. The minimum Gasteiger partial charge on any atom is -0.464 e. The highest BCUT2D eigenvalue weighted by Crippen LogP contribution is 2.20. The highest BCUT2D eigenvalue weighted by Gasteiger charge is 2.30. The van der Waals surface area contributed by atoms with Gasteiger partial charge in [-0.1, -0.05) is 38.1 Å². The summed E-state index contributed by atoms with van der Waals surface area (Å²) in [6, 6.07) is 7.80. The highest BCUT2D eigenvalue weighted by molar-refractivity contribution is 5.83. The van der Waals surface area contributed by atoms with Gasteiger partial charge in [0.25, 0.3) is 0 Å². The molecule has 1 aromatic carbocycles. The van der Waals surface area contributed by atoms with Crippen molar-refractivity contribution in [3.05, 3.63) is 48.3 Å². The molecule has 136 valence electrons. The first kappa shape index (κ1) is 19.1. The molecule has 4 N–H and O–H groups in total. The van der Waals surface area contributed by atoms with Crippen LogP contribution < -0.4 is 11.1 Å². The van der Waals surface area contributed by atoms with E-state index in [1.807, 2.05) is 24.4 Å². The maximum absolute atomic E-state index is 12.2. The van der Waals surface area contributed by atoms with Gasteiger partial charge in [-0.25, -0.2) is 4.79 Å². The van der Waals surface area contributed by atoms with E-state index < -0.39 is 5.54 Å². The summed E-state index contributed by atoms with van der Waals surface area (Å²) in [6.45, 7) is 10.1. The molecule has 1 aromatic heterocycles. The summed E-state index contributed by atoms with van der Waals surface area (Å²) in [7, 11) is 0. The van der Waals surface area contributed by atoms with Crippen LogP contribution in [0.5, 0.6) is 0 Å². The molecule has 0 amide bonds. The molecule has 0 aliphatic heterocycles. The number of aromatic amines is 1. The molecule has 0 radical (unpaired) electrons. The van der Waals surface area contributed by atoms with E-state index in [-0.39, 0.29) is 12.0 Å². The van der Waals surface area contributed by atoms with Crippen LogP contribution in [0.25, 0.3) is 10.9 Å². The van der Waals surface area contributed by atoms with Crippen LogP contribution in [0, 0.1) is 0 Å². The Morgan fingerprint density at radius 1 is 1.40 bits per heavy atom. The number of aromatic nitrogens is 1. The van der Waals surface area contributed by atoms with Crippen molar-refractivity contribution in [2.45, 2.75) is 51.6 Å². The van der Waals surface area contributed by atoms with Crippen molar-refractivity contribution in [2.24, 2.45) is 5.73 Å². The summed E-state index contributed by atoms with van der Waals surface area (Å²) in [4.78, 5) is 15.5. The first-order valence-electron chi connectivity index (χ1n) is 8.80. The number of ether oxygens (including phenoxy) is 1. The standard InChI is InChI=1S/C20H29N3O2/c1-5-6-11-25-19(24)20(3,4)23-14(2)17(21)12-15-13-22-18-10-8-7-9-16(15)18/h7-10,13,17,22-23H,2,5-6,11-12,21H2,1,3-4H3/t17-/m1/s1. The van der Waals surface area contributed by atoms with Crippen LogP contribution in [0.3, 0.4) is 0 Å². The summed E-state index contributed by atoms with van der Waals surface area (Å²) in [6.07, 6.45) is 4.46. The smallest absolute Gasteiger partial charge is 0.331 e. The van der Waals surface area contributed by atoms with Crippen LogP contribution >= 0.6 is 0 Å². The molecule has 0 aliphatic carbocycles. The van der Waals surface area contributed by atoms with E-state index in [9.17, 15) is 4.79 Å². The van der Waals surface area contributed by atoms with Gasteiger partial charge in [0.15, 0.2) is 0 Å². The third-order valence-corrected chi connectivity index (χ3v) is 4.28. The average molecular weight is 343 g/mol. The summed E-state index contributed by atoms with van der Waals surface area (Å²) in [5, 5.41) is 4.30. The highest BCUT2D eigenvalue weighted by atomic mass is 16.5. The first-order valence-corrected chi connectivity index (χ1v) is 8.80. The number of esters is 1. The second-order valence-electron chi connectivity index (χ2n) is 6.93. The van der Waals surface area contributed by atoms with Crippen LogP contribution in [-0.2, 0) is 16.0 Å². The Kier molecular flexibility index (Phi) is 6.26. The lowest BCUT2D eigenvalue weighted by Gasteiger charge is -2.28. The molecule has 2 rings (SSSR count). The largest absolute Gasteiger partial charge is 0.464 e. The van der Waals surface area contributed by atoms with Gasteiger partial charge in [-0.2, -0.15) is 0 Å². The van der Waals surface area contributed by atoms with Crippen LogP contribution in [0.1, 0.15) is 39.2 Å². The SMILES string of the molecule is C=C(NC(C)(C)C(=O)OCCCC)[C@H](N)Cc1c[nH]c2ccccc12. The van der Waals surface area contributed by atoms with E-state index in [0.29, 0.717) is 18.7 Å². The Morgan fingerprint density at radius 2 is 2.12 bits per heavy atom. The number of fused-ring (bicyclic) bond motifs is 1. The number of carbonyl (C=O) groups is 1. The fraction of sp³-hybridized carbons (Fsp3) is 0.450. The minimum absolute atomic E-state index is 0.290. The number of rotatable bonds is 9. The molecule has 5 nitrogen and oxygen atoms in total.